The Hall–Kier alpha value is -1.31. The third-order valence-corrected chi connectivity index (χ3v) is 5.21. The molecule has 0 aromatic heterocycles. The number of benzene rings is 1. The first kappa shape index (κ1) is 14.1. The van der Waals surface area contributed by atoms with E-state index >= 15 is 0 Å². The van der Waals surface area contributed by atoms with E-state index in [1.165, 1.54) is 5.56 Å². The SMILES string of the molecule is Cc1cc(C)c(NC(=O)C2C(C)(C)C2(C)C)c(C)c1. The van der Waals surface area contributed by atoms with E-state index < -0.39 is 0 Å². The zero-order valence-electron chi connectivity index (χ0n) is 13.1. The van der Waals surface area contributed by atoms with Crippen molar-refractivity contribution in [3.05, 3.63) is 28.8 Å². The normalized spacial score (nSPS) is 20.2. The van der Waals surface area contributed by atoms with Crippen molar-refractivity contribution in [2.75, 3.05) is 5.32 Å². The van der Waals surface area contributed by atoms with Crippen LogP contribution in [0.1, 0.15) is 44.4 Å². The Morgan fingerprint density at radius 1 is 1.00 bits per heavy atom. The van der Waals surface area contributed by atoms with Crippen LogP contribution in [0, 0.1) is 37.5 Å². The number of aryl methyl sites for hydroxylation is 3. The lowest BCUT2D eigenvalue weighted by Gasteiger charge is -2.13. The molecule has 2 nitrogen and oxygen atoms in total. The van der Waals surface area contributed by atoms with Crippen LogP contribution in [-0.2, 0) is 4.79 Å². The Morgan fingerprint density at radius 3 is 1.79 bits per heavy atom. The number of nitrogens with one attached hydrogen (secondary N) is 1. The minimum Gasteiger partial charge on any atom is -0.325 e. The quantitative estimate of drug-likeness (QED) is 0.846. The molecule has 1 amide bonds. The van der Waals surface area contributed by atoms with Crippen molar-refractivity contribution >= 4 is 11.6 Å². The Kier molecular flexibility index (Phi) is 3.04. The molecule has 0 unspecified atom stereocenters. The molecular formula is C17H25NO. The molecule has 1 aromatic rings. The number of amides is 1. The third kappa shape index (κ3) is 2.07. The van der Waals surface area contributed by atoms with E-state index in [1.54, 1.807) is 0 Å². The largest absolute Gasteiger partial charge is 0.325 e. The molecule has 1 N–H and O–H groups in total. The van der Waals surface area contributed by atoms with E-state index in [1.807, 2.05) is 0 Å². The van der Waals surface area contributed by atoms with E-state index in [0.717, 1.165) is 16.8 Å². The van der Waals surface area contributed by atoms with Crippen LogP contribution in [0.3, 0.4) is 0 Å². The van der Waals surface area contributed by atoms with Crippen LogP contribution in [0.4, 0.5) is 5.69 Å². The van der Waals surface area contributed by atoms with Gasteiger partial charge in [0.05, 0.1) is 0 Å². The summed E-state index contributed by atoms with van der Waals surface area (Å²) in [7, 11) is 0. The number of carbonyl (C=O) groups excluding carboxylic acids is 1. The summed E-state index contributed by atoms with van der Waals surface area (Å²) in [6, 6.07) is 4.23. The average Bonchev–Trinajstić information content (AvgIpc) is 2.63. The van der Waals surface area contributed by atoms with Gasteiger partial charge in [-0.15, -0.1) is 0 Å². The van der Waals surface area contributed by atoms with Gasteiger partial charge < -0.3 is 5.32 Å². The zero-order chi connectivity index (χ0) is 14.6. The highest BCUT2D eigenvalue weighted by Gasteiger charge is 2.68. The molecule has 104 valence electrons. The first-order chi connectivity index (χ1) is 8.59. The highest BCUT2D eigenvalue weighted by Crippen LogP contribution is 2.68. The molecule has 0 atom stereocenters. The molecule has 1 saturated carbocycles. The molecule has 0 radical (unpaired) electrons. The van der Waals surface area contributed by atoms with Crippen LogP contribution in [0.5, 0.6) is 0 Å². The van der Waals surface area contributed by atoms with Gasteiger partial charge in [0.25, 0.3) is 0 Å². The lowest BCUT2D eigenvalue weighted by molar-refractivity contribution is -0.118. The fourth-order valence-electron chi connectivity index (χ4n) is 3.42. The summed E-state index contributed by atoms with van der Waals surface area (Å²) < 4.78 is 0. The summed E-state index contributed by atoms with van der Waals surface area (Å²) in [5, 5.41) is 3.14. The fraction of sp³-hybridized carbons (Fsp3) is 0.588. The van der Waals surface area contributed by atoms with Crippen LogP contribution in [-0.4, -0.2) is 5.91 Å². The summed E-state index contributed by atoms with van der Waals surface area (Å²) in [5.41, 5.74) is 4.67. The molecule has 1 aliphatic rings. The summed E-state index contributed by atoms with van der Waals surface area (Å²) >= 11 is 0. The predicted molar refractivity (Wildman–Crippen MR) is 80.3 cm³/mol. The van der Waals surface area contributed by atoms with Crippen molar-refractivity contribution in [1.29, 1.82) is 0 Å². The second kappa shape index (κ2) is 4.09. The second-order valence-electron chi connectivity index (χ2n) is 7.14. The number of hydrogen-bond acceptors (Lipinski definition) is 1. The lowest BCUT2D eigenvalue weighted by atomic mass is 10.0. The predicted octanol–water partition coefficient (Wildman–Crippen LogP) is 4.23. The van der Waals surface area contributed by atoms with Gasteiger partial charge in [0.15, 0.2) is 0 Å². The van der Waals surface area contributed by atoms with Crippen molar-refractivity contribution in [3.8, 4) is 0 Å². The number of rotatable bonds is 2. The molecule has 0 spiro atoms. The Labute approximate surface area is 116 Å². The maximum absolute atomic E-state index is 12.5. The molecule has 2 heteroatoms. The molecule has 0 saturated heterocycles. The Bertz CT molecular complexity index is 503. The standard InChI is InChI=1S/C17H25NO/c1-10-8-11(2)13(12(3)9-10)18-15(19)14-16(4,5)17(14,6)7/h8-9,14H,1-7H3,(H,18,19). The van der Waals surface area contributed by atoms with Gasteiger partial charge in [0, 0.05) is 11.6 Å². The van der Waals surface area contributed by atoms with Gasteiger partial charge in [-0.2, -0.15) is 0 Å². The zero-order valence-corrected chi connectivity index (χ0v) is 13.1. The number of anilines is 1. The van der Waals surface area contributed by atoms with Gasteiger partial charge in [-0.25, -0.2) is 0 Å². The first-order valence-electron chi connectivity index (χ1n) is 6.97. The minimum atomic E-state index is 0.0869. The summed E-state index contributed by atoms with van der Waals surface area (Å²) in [6.45, 7) is 14.9. The summed E-state index contributed by atoms with van der Waals surface area (Å²) in [4.78, 5) is 12.5. The molecular weight excluding hydrogens is 234 g/mol. The molecule has 1 aliphatic carbocycles. The van der Waals surface area contributed by atoms with Gasteiger partial charge >= 0.3 is 0 Å². The van der Waals surface area contributed by atoms with Crippen LogP contribution in [0.25, 0.3) is 0 Å². The number of hydrogen-bond donors (Lipinski definition) is 1. The van der Waals surface area contributed by atoms with Gasteiger partial charge in [0.2, 0.25) is 5.91 Å². The van der Waals surface area contributed by atoms with Crippen molar-refractivity contribution in [1.82, 2.24) is 0 Å². The van der Waals surface area contributed by atoms with Crippen molar-refractivity contribution < 1.29 is 4.79 Å². The summed E-state index contributed by atoms with van der Waals surface area (Å²) in [5.74, 6) is 0.255. The van der Waals surface area contributed by atoms with Crippen LogP contribution < -0.4 is 5.32 Å². The van der Waals surface area contributed by atoms with Gasteiger partial charge in [-0.05, 0) is 42.7 Å². The van der Waals surface area contributed by atoms with Crippen molar-refractivity contribution in [3.63, 3.8) is 0 Å². The average molecular weight is 259 g/mol. The molecule has 0 bridgehead atoms. The molecule has 1 fully saturated rings. The van der Waals surface area contributed by atoms with E-state index in [2.05, 4.69) is 65.9 Å². The van der Waals surface area contributed by atoms with E-state index in [9.17, 15) is 4.79 Å². The monoisotopic (exact) mass is 259 g/mol. The molecule has 0 aliphatic heterocycles. The maximum Gasteiger partial charge on any atom is 0.228 e. The lowest BCUT2D eigenvalue weighted by Crippen LogP contribution is -2.19. The third-order valence-electron chi connectivity index (χ3n) is 5.21. The van der Waals surface area contributed by atoms with E-state index in [-0.39, 0.29) is 22.7 Å². The highest BCUT2D eigenvalue weighted by atomic mass is 16.2. The van der Waals surface area contributed by atoms with Crippen molar-refractivity contribution in [2.24, 2.45) is 16.7 Å². The summed E-state index contributed by atoms with van der Waals surface area (Å²) in [6.07, 6.45) is 0. The maximum atomic E-state index is 12.5. The Balaban J connectivity index is 2.23. The van der Waals surface area contributed by atoms with Gasteiger partial charge in [-0.1, -0.05) is 45.4 Å². The van der Waals surface area contributed by atoms with Gasteiger partial charge in [0.1, 0.15) is 0 Å². The van der Waals surface area contributed by atoms with E-state index in [0.29, 0.717) is 0 Å². The minimum absolute atomic E-state index is 0.0869. The molecule has 19 heavy (non-hydrogen) atoms. The molecule has 1 aromatic carbocycles. The van der Waals surface area contributed by atoms with Crippen LogP contribution in [0.15, 0.2) is 12.1 Å². The number of carbonyl (C=O) groups is 1. The van der Waals surface area contributed by atoms with Crippen LogP contribution >= 0.6 is 0 Å². The van der Waals surface area contributed by atoms with Crippen LogP contribution in [0.2, 0.25) is 0 Å². The molecule has 2 rings (SSSR count). The first-order valence-corrected chi connectivity index (χ1v) is 6.97. The second-order valence-corrected chi connectivity index (χ2v) is 7.14. The highest BCUT2D eigenvalue weighted by molar-refractivity contribution is 5.97. The van der Waals surface area contributed by atoms with Crippen molar-refractivity contribution in [2.45, 2.75) is 48.5 Å². The topological polar surface area (TPSA) is 29.1 Å². The Morgan fingerprint density at radius 2 is 1.42 bits per heavy atom. The van der Waals surface area contributed by atoms with Gasteiger partial charge in [-0.3, -0.25) is 4.79 Å². The smallest absolute Gasteiger partial charge is 0.228 e. The fourth-order valence-corrected chi connectivity index (χ4v) is 3.42. The van der Waals surface area contributed by atoms with E-state index in [4.69, 9.17) is 0 Å². The molecule has 0 heterocycles.